The average Bonchev–Trinajstić information content (AvgIpc) is 2.39. The predicted molar refractivity (Wildman–Crippen MR) is 69.0 cm³/mol. The minimum atomic E-state index is -0.148. The number of amides is 1. The van der Waals surface area contributed by atoms with Gasteiger partial charge in [0.05, 0.1) is 17.7 Å². The lowest BCUT2D eigenvalue weighted by atomic mass is 10.1. The third kappa shape index (κ3) is 3.00. The molecule has 0 saturated carbocycles. The Morgan fingerprint density at radius 3 is 3.06 bits per heavy atom. The molecule has 1 fully saturated rings. The Labute approximate surface area is 111 Å². The van der Waals surface area contributed by atoms with Crippen molar-refractivity contribution < 1.29 is 4.79 Å². The Kier molecular flexibility index (Phi) is 4.19. The van der Waals surface area contributed by atoms with Gasteiger partial charge < -0.3 is 10.6 Å². The molecule has 0 aromatic heterocycles. The number of carbonyl (C=O) groups is 1. The molecular weight excluding hydrogens is 250 g/mol. The smallest absolute Gasteiger partial charge is 0.237 e. The fourth-order valence-corrected chi connectivity index (χ4v) is 2.21. The van der Waals surface area contributed by atoms with Gasteiger partial charge in [0.25, 0.3) is 0 Å². The average molecular weight is 264 g/mol. The van der Waals surface area contributed by atoms with Crippen LogP contribution in [0.15, 0.2) is 18.2 Å². The molecule has 94 valence electrons. The summed E-state index contributed by atoms with van der Waals surface area (Å²) in [6.45, 7) is 1.29. The molecule has 1 aromatic rings. The lowest BCUT2D eigenvalue weighted by Crippen LogP contribution is -2.47. The third-order valence-corrected chi connectivity index (χ3v) is 3.36. The number of nitrogens with zero attached hydrogens (tertiary/aromatic N) is 1. The Bertz CT molecular complexity index is 495. The quantitative estimate of drug-likeness (QED) is 0.870. The first-order valence-electron chi connectivity index (χ1n) is 5.90. The summed E-state index contributed by atoms with van der Waals surface area (Å²) in [5, 5.41) is 15.3. The number of halogens is 1. The normalized spacial score (nSPS) is 19.1. The molecule has 1 atom stereocenters. The number of piperidine rings is 1. The highest BCUT2D eigenvalue weighted by atomic mass is 35.5. The van der Waals surface area contributed by atoms with E-state index < -0.39 is 0 Å². The summed E-state index contributed by atoms with van der Waals surface area (Å²) in [5.74, 6) is 0.0472. The second-order valence-electron chi connectivity index (χ2n) is 4.28. The second-order valence-corrected chi connectivity index (χ2v) is 4.69. The van der Waals surface area contributed by atoms with Gasteiger partial charge in [0, 0.05) is 18.1 Å². The Morgan fingerprint density at radius 2 is 2.39 bits per heavy atom. The van der Waals surface area contributed by atoms with Gasteiger partial charge in [0.2, 0.25) is 5.91 Å². The molecule has 0 bridgehead atoms. The summed E-state index contributed by atoms with van der Waals surface area (Å²) in [7, 11) is 0. The maximum atomic E-state index is 11.6. The van der Waals surface area contributed by atoms with E-state index in [9.17, 15) is 4.79 Å². The topological polar surface area (TPSA) is 64.9 Å². The molecule has 1 saturated heterocycles. The molecule has 1 aromatic carbocycles. The van der Waals surface area contributed by atoms with E-state index in [1.54, 1.807) is 12.1 Å². The van der Waals surface area contributed by atoms with Gasteiger partial charge in [-0.1, -0.05) is 17.7 Å². The van der Waals surface area contributed by atoms with Crippen LogP contribution in [0.3, 0.4) is 0 Å². The molecule has 18 heavy (non-hydrogen) atoms. The molecule has 2 rings (SSSR count). The van der Waals surface area contributed by atoms with Crippen molar-refractivity contribution in [2.45, 2.75) is 25.4 Å². The standard InChI is InChI=1S/C13H14ClN3O/c14-11-6-9(7-15)3-4-10(11)8-17-12-2-1-5-16-13(12)18/h3-4,6,12,17H,1-2,5,8H2,(H,16,18). The molecule has 1 unspecified atom stereocenters. The van der Waals surface area contributed by atoms with E-state index in [0.29, 0.717) is 17.1 Å². The van der Waals surface area contributed by atoms with Crippen LogP contribution < -0.4 is 10.6 Å². The van der Waals surface area contributed by atoms with Crippen molar-refractivity contribution >= 4 is 17.5 Å². The van der Waals surface area contributed by atoms with E-state index >= 15 is 0 Å². The highest BCUT2D eigenvalue weighted by Crippen LogP contribution is 2.18. The van der Waals surface area contributed by atoms with Gasteiger partial charge >= 0.3 is 0 Å². The van der Waals surface area contributed by atoms with Crippen molar-refractivity contribution in [1.82, 2.24) is 10.6 Å². The van der Waals surface area contributed by atoms with Gasteiger partial charge in [-0.05, 0) is 30.5 Å². The van der Waals surface area contributed by atoms with E-state index in [2.05, 4.69) is 10.6 Å². The molecule has 1 amide bonds. The first kappa shape index (κ1) is 12.9. The van der Waals surface area contributed by atoms with E-state index in [4.69, 9.17) is 16.9 Å². The van der Waals surface area contributed by atoms with Crippen molar-refractivity contribution in [3.05, 3.63) is 34.3 Å². The number of benzene rings is 1. The van der Waals surface area contributed by atoms with Crippen LogP contribution in [0.25, 0.3) is 0 Å². The summed E-state index contributed by atoms with van der Waals surface area (Å²) in [5.41, 5.74) is 1.44. The zero-order valence-corrected chi connectivity index (χ0v) is 10.6. The number of hydrogen-bond acceptors (Lipinski definition) is 3. The van der Waals surface area contributed by atoms with Crippen LogP contribution in [0, 0.1) is 11.3 Å². The minimum absolute atomic E-state index is 0.0472. The van der Waals surface area contributed by atoms with Gasteiger partial charge in [0.15, 0.2) is 0 Å². The third-order valence-electron chi connectivity index (χ3n) is 3.01. The van der Waals surface area contributed by atoms with Gasteiger partial charge in [-0.3, -0.25) is 4.79 Å². The number of nitriles is 1. The van der Waals surface area contributed by atoms with Crippen LogP contribution in [-0.2, 0) is 11.3 Å². The molecule has 0 aliphatic carbocycles. The van der Waals surface area contributed by atoms with Crippen LogP contribution in [-0.4, -0.2) is 18.5 Å². The van der Waals surface area contributed by atoms with Gasteiger partial charge in [-0.2, -0.15) is 5.26 Å². The molecule has 1 aliphatic rings. The molecule has 0 radical (unpaired) electrons. The summed E-state index contributed by atoms with van der Waals surface area (Å²) in [4.78, 5) is 11.6. The highest BCUT2D eigenvalue weighted by molar-refractivity contribution is 6.31. The van der Waals surface area contributed by atoms with Gasteiger partial charge in [-0.25, -0.2) is 0 Å². The van der Waals surface area contributed by atoms with Crippen LogP contribution in [0.4, 0.5) is 0 Å². The zero-order valence-electron chi connectivity index (χ0n) is 9.87. The van der Waals surface area contributed by atoms with Crippen molar-refractivity contribution in [3.63, 3.8) is 0 Å². The zero-order chi connectivity index (χ0) is 13.0. The van der Waals surface area contributed by atoms with Crippen molar-refractivity contribution in [2.24, 2.45) is 0 Å². The lowest BCUT2D eigenvalue weighted by molar-refractivity contribution is -0.124. The lowest BCUT2D eigenvalue weighted by Gasteiger charge is -2.23. The number of hydrogen-bond donors (Lipinski definition) is 2. The van der Waals surface area contributed by atoms with Crippen molar-refractivity contribution in [3.8, 4) is 6.07 Å². The van der Waals surface area contributed by atoms with Crippen molar-refractivity contribution in [1.29, 1.82) is 5.26 Å². The van der Waals surface area contributed by atoms with Gasteiger partial charge in [-0.15, -0.1) is 0 Å². The fraction of sp³-hybridized carbons (Fsp3) is 0.385. The monoisotopic (exact) mass is 263 g/mol. The van der Waals surface area contributed by atoms with Gasteiger partial charge in [0.1, 0.15) is 0 Å². The first-order valence-corrected chi connectivity index (χ1v) is 6.28. The predicted octanol–water partition coefficient (Wildman–Crippen LogP) is 1.58. The summed E-state index contributed by atoms with van der Waals surface area (Å²) >= 11 is 6.07. The maximum Gasteiger partial charge on any atom is 0.237 e. The van der Waals surface area contributed by atoms with E-state index in [0.717, 1.165) is 24.9 Å². The highest BCUT2D eigenvalue weighted by Gasteiger charge is 2.21. The maximum absolute atomic E-state index is 11.6. The Hall–Kier alpha value is -1.57. The number of carbonyl (C=O) groups excluding carboxylic acids is 1. The molecule has 5 heteroatoms. The molecule has 2 N–H and O–H groups in total. The fourth-order valence-electron chi connectivity index (χ4n) is 1.96. The van der Waals surface area contributed by atoms with Crippen LogP contribution in [0.1, 0.15) is 24.0 Å². The molecule has 1 aliphatic heterocycles. The summed E-state index contributed by atoms with van der Waals surface area (Å²) in [6, 6.07) is 7.07. The molecule has 4 nitrogen and oxygen atoms in total. The Balaban J connectivity index is 1.98. The summed E-state index contributed by atoms with van der Waals surface area (Å²) in [6.07, 6.45) is 1.84. The minimum Gasteiger partial charge on any atom is -0.355 e. The van der Waals surface area contributed by atoms with E-state index in [1.165, 1.54) is 0 Å². The van der Waals surface area contributed by atoms with Crippen LogP contribution >= 0.6 is 11.6 Å². The van der Waals surface area contributed by atoms with Crippen LogP contribution in [0.5, 0.6) is 0 Å². The molecular formula is C13H14ClN3O. The largest absolute Gasteiger partial charge is 0.355 e. The second kappa shape index (κ2) is 5.85. The SMILES string of the molecule is N#Cc1ccc(CNC2CCCNC2=O)c(Cl)c1. The summed E-state index contributed by atoms with van der Waals surface area (Å²) < 4.78 is 0. The molecule has 0 spiro atoms. The van der Waals surface area contributed by atoms with Crippen LogP contribution in [0.2, 0.25) is 5.02 Å². The molecule has 1 heterocycles. The van der Waals surface area contributed by atoms with Crippen molar-refractivity contribution in [2.75, 3.05) is 6.54 Å². The van der Waals surface area contributed by atoms with E-state index in [-0.39, 0.29) is 11.9 Å². The van der Waals surface area contributed by atoms with E-state index in [1.807, 2.05) is 12.1 Å². The number of nitrogens with one attached hydrogen (secondary N) is 2. The number of rotatable bonds is 3. The Morgan fingerprint density at radius 1 is 1.56 bits per heavy atom. The first-order chi connectivity index (χ1) is 8.70.